The van der Waals surface area contributed by atoms with Crippen LogP contribution in [0.5, 0.6) is 5.75 Å². The summed E-state index contributed by atoms with van der Waals surface area (Å²) in [5.74, 6) is 0.284. The first-order valence-electron chi connectivity index (χ1n) is 5.68. The van der Waals surface area contributed by atoms with Crippen LogP contribution in [-0.2, 0) is 0 Å². The molecule has 0 bridgehead atoms. The molecular formula is C13H15FN2O. The third kappa shape index (κ3) is 2.33. The molecule has 0 unspecified atom stereocenters. The fraction of sp³-hybridized carbons (Fsp3) is 0.462. The van der Waals surface area contributed by atoms with E-state index in [-0.39, 0.29) is 11.2 Å². The number of methoxy groups -OCH3 is 1. The summed E-state index contributed by atoms with van der Waals surface area (Å²) < 4.78 is 18.3. The number of nitriles is 1. The van der Waals surface area contributed by atoms with Crippen LogP contribution >= 0.6 is 0 Å². The topological polar surface area (TPSA) is 45.0 Å². The number of rotatable bonds is 4. The Bertz CT molecular complexity index is 449. The zero-order valence-corrected chi connectivity index (χ0v) is 9.79. The number of nitrogens with zero attached hydrogens (tertiary/aromatic N) is 1. The van der Waals surface area contributed by atoms with Crippen molar-refractivity contribution in [1.29, 1.82) is 5.26 Å². The number of halogens is 1. The Labute approximate surface area is 100 Å². The summed E-state index contributed by atoms with van der Waals surface area (Å²) in [4.78, 5) is 0. The lowest BCUT2D eigenvalue weighted by Crippen LogP contribution is -2.35. The Morgan fingerprint density at radius 1 is 1.53 bits per heavy atom. The van der Waals surface area contributed by atoms with Crippen LogP contribution in [0.1, 0.15) is 19.3 Å². The highest BCUT2D eigenvalue weighted by molar-refractivity contribution is 5.56. The van der Waals surface area contributed by atoms with Gasteiger partial charge in [0.05, 0.1) is 24.3 Å². The molecule has 4 heteroatoms. The highest BCUT2D eigenvalue weighted by atomic mass is 19.1. The molecule has 1 aliphatic carbocycles. The van der Waals surface area contributed by atoms with Crippen molar-refractivity contribution in [1.82, 2.24) is 0 Å². The molecule has 1 fully saturated rings. The Balaban J connectivity index is 2.08. The third-order valence-corrected chi connectivity index (χ3v) is 3.33. The quantitative estimate of drug-likeness (QED) is 0.871. The second-order valence-corrected chi connectivity index (χ2v) is 4.44. The smallest absolute Gasteiger partial charge is 0.142 e. The maximum atomic E-state index is 13.1. The van der Waals surface area contributed by atoms with Crippen molar-refractivity contribution in [2.75, 3.05) is 19.0 Å². The van der Waals surface area contributed by atoms with Gasteiger partial charge in [0, 0.05) is 12.6 Å². The predicted molar refractivity (Wildman–Crippen MR) is 63.3 cm³/mol. The normalized spacial score (nSPS) is 16.8. The van der Waals surface area contributed by atoms with E-state index in [0.29, 0.717) is 18.0 Å². The van der Waals surface area contributed by atoms with Crippen LogP contribution in [0.4, 0.5) is 10.1 Å². The summed E-state index contributed by atoms with van der Waals surface area (Å²) in [5, 5.41) is 12.2. The molecule has 0 saturated heterocycles. The van der Waals surface area contributed by atoms with Gasteiger partial charge in [0.25, 0.3) is 0 Å². The highest BCUT2D eigenvalue weighted by Gasteiger charge is 2.37. The van der Waals surface area contributed by atoms with E-state index in [2.05, 4.69) is 11.4 Å². The molecule has 0 radical (unpaired) electrons. The van der Waals surface area contributed by atoms with E-state index in [1.54, 1.807) is 13.2 Å². The average Bonchev–Trinajstić information content (AvgIpc) is 2.28. The van der Waals surface area contributed by atoms with Gasteiger partial charge in [-0.3, -0.25) is 0 Å². The molecule has 0 aromatic heterocycles. The van der Waals surface area contributed by atoms with Gasteiger partial charge in [0.2, 0.25) is 0 Å². The van der Waals surface area contributed by atoms with E-state index in [9.17, 15) is 4.39 Å². The van der Waals surface area contributed by atoms with Gasteiger partial charge < -0.3 is 10.1 Å². The van der Waals surface area contributed by atoms with Crippen LogP contribution in [-0.4, -0.2) is 13.7 Å². The van der Waals surface area contributed by atoms with Gasteiger partial charge in [-0.15, -0.1) is 0 Å². The van der Waals surface area contributed by atoms with Gasteiger partial charge in [-0.25, -0.2) is 4.39 Å². The van der Waals surface area contributed by atoms with Crippen LogP contribution in [0.2, 0.25) is 0 Å². The van der Waals surface area contributed by atoms with Crippen molar-refractivity contribution in [3.05, 3.63) is 24.0 Å². The lowest BCUT2D eigenvalue weighted by atomic mass is 9.70. The fourth-order valence-electron chi connectivity index (χ4n) is 2.01. The maximum absolute atomic E-state index is 13.1. The van der Waals surface area contributed by atoms with Gasteiger partial charge in [0.1, 0.15) is 11.6 Å². The number of benzene rings is 1. The van der Waals surface area contributed by atoms with E-state index >= 15 is 0 Å². The summed E-state index contributed by atoms with van der Waals surface area (Å²) in [6.07, 6.45) is 2.91. The predicted octanol–water partition coefficient (Wildman–Crippen LogP) is 2.94. The second kappa shape index (κ2) is 4.62. The summed E-state index contributed by atoms with van der Waals surface area (Å²) >= 11 is 0. The fourth-order valence-corrected chi connectivity index (χ4v) is 2.01. The Hall–Kier alpha value is -1.76. The second-order valence-electron chi connectivity index (χ2n) is 4.44. The Kier molecular flexibility index (Phi) is 3.19. The zero-order chi connectivity index (χ0) is 12.3. The SMILES string of the molecule is COc1ccc(F)cc1NCC1(C#N)CCC1. The van der Waals surface area contributed by atoms with Crippen LogP contribution in [0.15, 0.2) is 18.2 Å². The molecule has 3 nitrogen and oxygen atoms in total. The minimum absolute atomic E-state index is 0.280. The lowest BCUT2D eigenvalue weighted by Gasteiger charge is -2.35. The third-order valence-electron chi connectivity index (χ3n) is 3.33. The molecule has 0 amide bonds. The van der Waals surface area contributed by atoms with Crippen LogP contribution in [0.25, 0.3) is 0 Å². The summed E-state index contributed by atoms with van der Waals surface area (Å²) in [6, 6.07) is 6.67. The van der Waals surface area contributed by atoms with Gasteiger partial charge in [-0.1, -0.05) is 6.42 Å². The average molecular weight is 234 g/mol. The number of hydrogen-bond acceptors (Lipinski definition) is 3. The lowest BCUT2D eigenvalue weighted by molar-refractivity contribution is 0.233. The molecule has 17 heavy (non-hydrogen) atoms. The molecule has 0 heterocycles. The monoisotopic (exact) mass is 234 g/mol. The van der Waals surface area contributed by atoms with Crippen molar-refractivity contribution in [3.8, 4) is 11.8 Å². The van der Waals surface area contributed by atoms with E-state index in [1.165, 1.54) is 12.1 Å². The molecule has 2 rings (SSSR count). The number of nitrogens with one attached hydrogen (secondary N) is 1. The summed E-state index contributed by atoms with van der Waals surface area (Å²) in [7, 11) is 1.54. The zero-order valence-electron chi connectivity index (χ0n) is 9.79. The molecule has 0 atom stereocenters. The van der Waals surface area contributed by atoms with E-state index < -0.39 is 0 Å². The van der Waals surface area contributed by atoms with Crippen molar-refractivity contribution in [3.63, 3.8) is 0 Å². The molecule has 1 aromatic rings. The van der Waals surface area contributed by atoms with Crippen LogP contribution in [0.3, 0.4) is 0 Å². The largest absolute Gasteiger partial charge is 0.495 e. The van der Waals surface area contributed by atoms with Crippen molar-refractivity contribution in [2.24, 2.45) is 5.41 Å². The maximum Gasteiger partial charge on any atom is 0.142 e. The molecule has 1 aromatic carbocycles. The van der Waals surface area contributed by atoms with E-state index in [1.807, 2.05) is 0 Å². The first-order valence-corrected chi connectivity index (χ1v) is 5.68. The van der Waals surface area contributed by atoms with Gasteiger partial charge in [0.15, 0.2) is 0 Å². The molecule has 1 aliphatic rings. The van der Waals surface area contributed by atoms with Crippen molar-refractivity contribution in [2.45, 2.75) is 19.3 Å². The number of ether oxygens (including phenoxy) is 1. The summed E-state index contributed by atoms with van der Waals surface area (Å²) in [5.41, 5.74) is 0.325. The van der Waals surface area contributed by atoms with Crippen LogP contribution in [0, 0.1) is 22.6 Å². The first-order chi connectivity index (χ1) is 8.19. The van der Waals surface area contributed by atoms with Gasteiger partial charge in [-0.2, -0.15) is 5.26 Å². The molecule has 1 saturated carbocycles. The molecule has 1 N–H and O–H groups in total. The van der Waals surface area contributed by atoms with Gasteiger partial charge >= 0.3 is 0 Å². The molecule has 90 valence electrons. The summed E-state index contributed by atoms with van der Waals surface area (Å²) in [6.45, 7) is 0.545. The van der Waals surface area contributed by atoms with Gasteiger partial charge in [-0.05, 0) is 25.0 Å². The first kappa shape index (κ1) is 11.7. The van der Waals surface area contributed by atoms with Crippen LogP contribution < -0.4 is 10.1 Å². The minimum Gasteiger partial charge on any atom is -0.495 e. The molecule has 0 spiro atoms. The van der Waals surface area contributed by atoms with Crippen molar-refractivity contribution < 1.29 is 9.13 Å². The number of anilines is 1. The van der Waals surface area contributed by atoms with E-state index in [0.717, 1.165) is 19.3 Å². The number of hydrogen-bond donors (Lipinski definition) is 1. The Morgan fingerprint density at radius 2 is 2.29 bits per heavy atom. The molecule has 0 aliphatic heterocycles. The minimum atomic E-state index is -0.312. The highest BCUT2D eigenvalue weighted by Crippen LogP contribution is 2.40. The van der Waals surface area contributed by atoms with Crippen molar-refractivity contribution >= 4 is 5.69 Å². The molecular weight excluding hydrogens is 219 g/mol. The standard InChI is InChI=1S/C13H15FN2O/c1-17-12-4-3-10(14)7-11(12)16-9-13(8-15)5-2-6-13/h3-4,7,16H,2,5-6,9H2,1H3. The van der Waals surface area contributed by atoms with E-state index in [4.69, 9.17) is 10.00 Å². The Morgan fingerprint density at radius 3 is 2.82 bits per heavy atom.